The van der Waals surface area contributed by atoms with E-state index in [1.807, 2.05) is 0 Å². The maximum absolute atomic E-state index is 5.97. The van der Waals surface area contributed by atoms with Gasteiger partial charge >= 0.3 is 0 Å². The van der Waals surface area contributed by atoms with Crippen LogP contribution in [0.3, 0.4) is 0 Å². The highest BCUT2D eigenvalue weighted by Crippen LogP contribution is 2.30. The van der Waals surface area contributed by atoms with Gasteiger partial charge in [-0.15, -0.1) is 0 Å². The van der Waals surface area contributed by atoms with Gasteiger partial charge in [-0.3, -0.25) is 0 Å². The van der Waals surface area contributed by atoms with Crippen LogP contribution >= 0.6 is 23.2 Å². The standard InChI is InChI=1S/C12H17Cl2N3O/c13-10-1-7(4-15)12(3-11(10)14)18-6-9-2-8(16)5-17-9/h1,3,8-9,17H,2,4-6,15-16H2. The predicted molar refractivity (Wildman–Crippen MR) is 74.2 cm³/mol. The van der Waals surface area contributed by atoms with Crippen LogP contribution in [-0.2, 0) is 6.54 Å². The fraction of sp³-hybridized carbons (Fsp3) is 0.500. The third kappa shape index (κ3) is 3.28. The topological polar surface area (TPSA) is 73.3 Å². The Kier molecular flexibility index (Phi) is 4.70. The van der Waals surface area contributed by atoms with Gasteiger partial charge in [0.05, 0.1) is 10.0 Å². The molecule has 0 spiro atoms. The van der Waals surface area contributed by atoms with Gasteiger partial charge in [0.25, 0.3) is 0 Å². The van der Waals surface area contributed by atoms with E-state index in [-0.39, 0.29) is 12.1 Å². The van der Waals surface area contributed by atoms with Gasteiger partial charge in [0.15, 0.2) is 0 Å². The maximum atomic E-state index is 5.97. The van der Waals surface area contributed by atoms with Gasteiger partial charge in [-0.05, 0) is 12.5 Å². The normalized spacial score (nSPS) is 23.3. The van der Waals surface area contributed by atoms with Crippen molar-refractivity contribution in [1.82, 2.24) is 5.32 Å². The SMILES string of the molecule is NCc1cc(Cl)c(Cl)cc1OCC1CC(N)CN1. The third-order valence-corrected chi connectivity index (χ3v) is 3.74. The first-order valence-corrected chi connectivity index (χ1v) is 6.65. The first kappa shape index (κ1) is 13.9. The number of halogens is 2. The molecule has 0 saturated carbocycles. The van der Waals surface area contributed by atoms with Crippen LogP contribution in [0.2, 0.25) is 10.0 Å². The van der Waals surface area contributed by atoms with Gasteiger partial charge in [0, 0.05) is 36.8 Å². The molecule has 1 aromatic carbocycles. The van der Waals surface area contributed by atoms with Crippen LogP contribution in [0.1, 0.15) is 12.0 Å². The summed E-state index contributed by atoms with van der Waals surface area (Å²) in [5, 5.41) is 4.26. The van der Waals surface area contributed by atoms with E-state index in [1.165, 1.54) is 0 Å². The second kappa shape index (κ2) is 6.08. The lowest BCUT2D eigenvalue weighted by molar-refractivity contribution is 0.274. The number of hydrogen-bond donors (Lipinski definition) is 3. The van der Waals surface area contributed by atoms with E-state index in [2.05, 4.69) is 5.32 Å². The molecule has 0 radical (unpaired) electrons. The molecule has 6 heteroatoms. The minimum absolute atomic E-state index is 0.210. The highest BCUT2D eigenvalue weighted by molar-refractivity contribution is 6.42. The summed E-state index contributed by atoms with van der Waals surface area (Å²) in [5.41, 5.74) is 12.3. The summed E-state index contributed by atoms with van der Waals surface area (Å²) in [5.74, 6) is 0.689. The highest BCUT2D eigenvalue weighted by atomic mass is 35.5. The van der Waals surface area contributed by atoms with Gasteiger partial charge in [-0.1, -0.05) is 23.2 Å². The van der Waals surface area contributed by atoms with Crippen LogP contribution in [0.5, 0.6) is 5.75 Å². The Morgan fingerprint density at radius 1 is 1.33 bits per heavy atom. The van der Waals surface area contributed by atoms with E-state index in [9.17, 15) is 0 Å². The fourth-order valence-corrected chi connectivity index (χ4v) is 2.37. The van der Waals surface area contributed by atoms with Crippen molar-refractivity contribution in [3.63, 3.8) is 0 Å². The molecule has 1 aliphatic rings. The van der Waals surface area contributed by atoms with Crippen molar-refractivity contribution >= 4 is 23.2 Å². The summed E-state index contributed by atoms with van der Waals surface area (Å²) in [6.07, 6.45) is 0.916. The Balaban J connectivity index is 2.02. The molecule has 1 aromatic rings. The van der Waals surface area contributed by atoms with E-state index in [1.54, 1.807) is 12.1 Å². The summed E-state index contributed by atoms with van der Waals surface area (Å²) in [7, 11) is 0. The van der Waals surface area contributed by atoms with Crippen LogP contribution in [0.4, 0.5) is 0 Å². The monoisotopic (exact) mass is 289 g/mol. The van der Waals surface area contributed by atoms with Crippen molar-refractivity contribution in [2.45, 2.75) is 25.0 Å². The van der Waals surface area contributed by atoms with E-state index in [4.69, 9.17) is 39.4 Å². The molecule has 5 N–H and O–H groups in total. The molecule has 2 unspecified atom stereocenters. The van der Waals surface area contributed by atoms with Crippen molar-refractivity contribution in [3.05, 3.63) is 27.7 Å². The summed E-state index contributed by atoms with van der Waals surface area (Å²) in [4.78, 5) is 0. The number of rotatable bonds is 4. The van der Waals surface area contributed by atoms with Crippen molar-refractivity contribution in [2.24, 2.45) is 11.5 Å². The molecule has 2 rings (SSSR count). The van der Waals surface area contributed by atoms with Gasteiger partial charge in [-0.2, -0.15) is 0 Å². The van der Waals surface area contributed by atoms with Crippen LogP contribution in [0.25, 0.3) is 0 Å². The number of ether oxygens (including phenoxy) is 1. The minimum Gasteiger partial charge on any atom is -0.492 e. The zero-order chi connectivity index (χ0) is 13.1. The minimum atomic E-state index is 0.210. The average Bonchev–Trinajstić information content (AvgIpc) is 2.76. The largest absolute Gasteiger partial charge is 0.492 e. The first-order chi connectivity index (χ1) is 8.60. The van der Waals surface area contributed by atoms with Gasteiger partial charge in [-0.25, -0.2) is 0 Å². The molecule has 1 heterocycles. The Labute approximate surface area is 117 Å². The maximum Gasteiger partial charge on any atom is 0.125 e. The zero-order valence-electron chi connectivity index (χ0n) is 9.96. The molecular weight excluding hydrogens is 273 g/mol. The molecular formula is C12H17Cl2N3O. The number of hydrogen-bond acceptors (Lipinski definition) is 4. The van der Waals surface area contributed by atoms with Crippen molar-refractivity contribution < 1.29 is 4.74 Å². The molecule has 1 fully saturated rings. The molecule has 100 valence electrons. The van der Waals surface area contributed by atoms with Gasteiger partial charge in [0.2, 0.25) is 0 Å². The molecule has 18 heavy (non-hydrogen) atoms. The van der Waals surface area contributed by atoms with Crippen LogP contribution in [0.15, 0.2) is 12.1 Å². The van der Waals surface area contributed by atoms with E-state index in [0.29, 0.717) is 28.9 Å². The number of nitrogens with two attached hydrogens (primary N) is 2. The van der Waals surface area contributed by atoms with E-state index >= 15 is 0 Å². The van der Waals surface area contributed by atoms with Crippen molar-refractivity contribution in [3.8, 4) is 5.75 Å². The summed E-state index contributed by atoms with van der Waals surface area (Å²) >= 11 is 11.9. The number of benzene rings is 1. The molecule has 1 saturated heterocycles. The Morgan fingerprint density at radius 3 is 2.67 bits per heavy atom. The fourth-order valence-electron chi connectivity index (χ4n) is 2.03. The van der Waals surface area contributed by atoms with Gasteiger partial charge in [0.1, 0.15) is 12.4 Å². The molecule has 4 nitrogen and oxygen atoms in total. The van der Waals surface area contributed by atoms with Crippen molar-refractivity contribution in [2.75, 3.05) is 13.2 Å². The van der Waals surface area contributed by atoms with Gasteiger partial charge < -0.3 is 21.5 Å². The Hall–Kier alpha value is -0.520. The highest BCUT2D eigenvalue weighted by Gasteiger charge is 2.21. The third-order valence-electron chi connectivity index (χ3n) is 3.02. The summed E-state index contributed by atoms with van der Waals surface area (Å²) in [6, 6.07) is 3.94. The summed E-state index contributed by atoms with van der Waals surface area (Å²) < 4.78 is 5.75. The molecule has 0 amide bonds. The molecule has 0 aromatic heterocycles. The quantitative estimate of drug-likeness (QED) is 0.786. The Morgan fingerprint density at radius 2 is 2.06 bits per heavy atom. The van der Waals surface area contributed by atoms with Crippen molar-refractivity contribution in [1.29, 1.82) is 0 Å². The lowest BCUT2D eigenvalue weighted by Gasteiger charge is -2.15. The molecule has 2 atom stereocenters. The first-order valence-electron chi connectivity index (χ1n) is 5.90. The zero-order valence-corrected chi connectivity index (χ0v) is 11.5. The Bertz CT molecular complexity index is 428. The van der Waals surface area contributed by atoms with E-state index in [0.717, 1.165) is 18.5 Å². The average molecular weight is 290 g/mol. The molecule has 0 bridgehead atoms. The second-order valence-corrected chi connectivity index (χ2v) is 5.30. The predicted octanol–water partition coefficient (Wildman–Crippen LogP) is 1.52. The second-order valence-electron chi connectivity index (χ2n) is 4.49. The van der Waals surface area contributed by atoms with Crippen LogP contribution < -0.4 is 21.5 Å². The number of nitrogens with one attached hydrogen (secondary N) is 1. The molecule has 1 aliphatic heterocycles. The molecule has 0 aliphatic carbocycles. The van der Waals surface area contributed by atoms with E-state index < -0.39 is 0 Å². The van der Waals surface area contributed by atoms with Crippen LogP contribution in [0, 0.1) is 0 Å². The lowest BCUT2D eigenvalue weighted by atomic mass is 10.2. The van der Waals surface area contributed by atoms with Crippen LogP contribution in [-0.4, -0.2) is 25.2 Å². The smallest absolute Gasteiger partial charge is 0.125 e. The lowest BCUT2D eigenvalue weighted by Crippen LogP contribution is -2.28. The summed E-state index contributed by atoms with van der Waals surface area (Å²) in [6.45, 7) is 1.75.